The molecule has 1 atom stereocenters. The molecule has 0 aliphatic carbocycles. The molecule has 10 heteroatoms. The normalized spacial score (nSPS) is 18.8. The van der Waals surface area contributed by atoms with Crippen molar-refractivity contribution in [3.63, 3.8) is 0 Å². The van der Waals surface area contributed by atoms with Crippen molar-refractivity contribution in [2.75, 3.05) is 0 Å². The van der Waals surface area contributed by atoms with Gasteiger partial charge in [-0.3, -0.25) is 10.3 Å². The number of nitrogens with two attached hydrogens (primary N) is 2. The van der Waals surface area contributed by atoms with Crippen molar-refractivity contribution in [3.05, 3.63) is 65.7 Å². The third-order valence-corrected chi connectivity index (χ3v) is 4.83. The second-order valence-corrected chi connectivity index (χ2v) is 7.45. The zero-order valence-corrected chi connectivity index (χ0v) is 16.8. The van der Waals surface area contributed by atoms with Gasteiger partial charge in [0.2, 0.25) is 5.79 Å². The van der Waals surface area contributed by atoms with E-state index in [1.807, 2.05) is 18.4 Å². The van der Waals surface area contributed by atoms with Crippen molar-refractivity contribution in [1.29, 1.82) is 0 Å². The van der Waals surface area contributed by atoms with Crippen LogP contribution in [0.5, 0.6) is 5.75 Å². The summed E-state index contributed by atoms with van der Waals surface area (Å²) in [7, 11) is 0. The van der Waals surface area contributed by atoms with E-state index in [0.29, 0.717) is 28.2 Å². The van der Waals surface area contributed by atoms with E-state index in [1.54, 1.807) is 12.1 Å². The first-order valence-corrected chi connectivity index (χ1v) is 9.54. The molecule has 0 spiro atoms. The summed E-state index contributed by atoms with van der Waals surface area (Å²) in [5.41, 5.74) is 14.2. The lowest BCUT2D eigenvalue weighted by Gasteiger charge is -2.33. The summed E-state index contributed by atoms with van der Waals surface area (Å²) in [5.74, 6) is -0.520. The van der Waals surface area contributed by atoms with Gasteiger partial charge in [0.1, 0.15) is 29.0 Å². The van der Waals surface area contributed by atoms with Crippen molar-refractivity contribution >= 4 is 22.7 Å². The Balaban J connectivity index is 1.77. The summed E-state index contributed by atoms with van der Waals surface area (Å²) < 4.78 is 44.8. The molecule has 2 heterocycles. The van der Waals surface area contributed by atoms with Gasteiger partial charge < -0.3 is 15.8 Å². The lowest BCUT2D eigenvalue weighted by atomic mass is 10.1. The number of nitrogens with zero attached hydrogens (tertiary/aromatic N) is 3. The lowest BCUT2D eigenvalue weighted by molar-refractivity contribution is -0.0498. The van der Waals surface area contributed by atoms with E-state index in [0.717, 1.165) is 0 Å². The van der Waals surface area contributed by atoms with Crippen LogP contribution in [0, 0.1) is 5.82 Å². The molecule has 0 saturated carbocycles. The van der Waals surface area contributed by atoms with Crippen LogP contribution in [-0.4, -0.2) is 22.0 Å². The molecule has 1 aliphatic heterocycles. The van der Waals surface area contributed by atoms with E-state index in [4.69, 9.17) is 11.5 Å². The molecule has 162 valence electrons. The van der Waals surface area contributed by atoms with Crippen LogP contribution in [0.3, 0.4) is 0 Å². The summed E-state index contributed by atoms with van der Waals surface area (Å²) in [6, 6.07) is 10.1. The van der Waals surface area contributed by atoms with Crippen molar-refractivity contribution in [2.45, 2.75) is 32.2 Å². The second kappa shape index (κ2) is 7.62. The summed E-state index contributed by atoms with van der Waals surface area (Å²) in [4.78, 5) is 8.87. The minimum Gasteiger partial charge on any atom is -0.435 e. The summed E-state index contributed by atoms with van der Waals surface area (Å²) >= 11 is 0. The molecule has 3 aromatic rings. The molecule has 5 N–H and O–H groups in total. The predicted octanol–water partition coefficient (Wildman–Crippen LogP) is 3.43. The van der Waals surface area contributed by atoms with Gasteiger partial charge in [0, 0.05) is 23.6 Å². The van der Waals surface area contributed by atoms with Crippen molar-refractivity contribution in [2.24, 2.45) is 16.5 Å². The number of rotatable bonds is 5. The van der Waals surface area contributed by atoms with Crippen molar-refractivity contribution in [3.8, 4) is 5.75 Å². The zero-order valence-electron chi connectivity index (χ0n) is 16.8. The Bertz CT molecular complexity index is 1190. The number of aliphatic imine (C=N–C) groups is 1. The molecule has 0 bridgehead atoms. The smallest absolute Gasteiger partial charge is 0.387 e. The van der Waals surface area contributed by atoms with Crippen LogP contribution in [-0.2, 0) is 5.79 Å². The van der Waals surface area contributed by atoms with Gasteiger partial charge in [0.25, 0.3) is 0 Å². The first-order valence-electron chi connectivity index (χ1n) is 9.54. The van der Waals surface area contributed by atoms with E-state index in [9.17, 15) is 13.2 Å². The highest BCUT2D eigenvalue weighted by atomic mass is 19.3. The average Bonchev–Trinajstić information content (AvgIpc) is 3.06. The minimum absolute atomic E-state index is 0.00407. The highest BCUT2D eigenvalue weighted by molar-refractivity contribution is 5.98. The standard InChI is InChI=1S/C21H21F3N6O/c1-11(2)19-27-15-9-13(22)5-8-16(15)30(19)18-10-17(25)28-21(26,29-18)12-3-6-14(7-4-12)31-20(23)24/h3-11,20,29H,26H2,1-2H3,(H2,25,28). The number of fused-ring (bicyclic) bond motifs is 1. The van der Waals surface area contributed by atoms with Gasteiger partial charge in [-0.05, 0) is 36.4 Å². The van der Waals surface area contributed by atoms with Crippen LogP contribution in [0.15, 0.2) is 53.5 Å². The van der Waals surface area contributed by atoms with Gasteiger partial charge in [0.05, 0.1) is 11.0 Å². The molecule has 0 fully saturated rings. The van der Waals surface area contributed by atoms with E-state index < -0.39 is 18.2 Å². The van der Waals surface area contributed by atoms with Crippen LogP contribution in [0.25, 0.3) is 16.9 Å². The maximum absolute atomic E-state index is 13.7. The summed E-state index contributed by atoms with van der Waals surface area (Å²) in [6.45, 7) is 1.00. The number of alkyl halides is 2. The third-order valence-electron chi connectivity index (χ3n) is 4.83. The lowest BCUT2D eigenvalue weighted by Crippen LogP contribution is -2.52. The van der Waals surface area contributed by atoms with Crippen LogP contribution >= 0.6 is 0 Å². The Morgan fingerprint density at radius 3 is 2.48 bits per heavy atom. The van der Waals surface area contributed by atoms with Gasteiger partial charge >= 0.3 is 6.61 Å². The number of nitrogens with one attached hydrogen (secondary N) is 1. The largest absolute Gasteiger partial charge is 0.435 e. The van der Waals surface area contributed by atoms with Gasteiger partial charge in [-0.25, -0.2) is 14.4 Å². The fourth-order valence-electron chi connectivity index (χ4n) is 3.50. The van der Waals surface area contributed by atoms with Crippen LogP contribution in [0.4, 0.5) is 13.2 Å². The number of halogens is 3. The Morgan fingerprint density at radius 1 is 1.13 bits per heavy atom. The first kappa shape index (κ1) is 20.7. The molecule has 1 unspecified atom stereocenters. The van der Waals surface area contributed by atoms with Crippen LogP contribution < -0.4 is 21.5 Å². The molecule has 2 aromatic carbocycles. The van der Waals surface area contributed by atoms with Gasteiger partial charge in [-0.15, -0.1) is 0 Å². The number of ether oxygens (including phenoxy) is 1. The Labute approximate surface area is 176 Å². The number of benzene rings is 2. The topological polar surface area (TPSA) is 103 Å². The Morgan fingerprint density at radius 2 is 1.84 bits per heavy atom. The first-order chi connectivity index (χ1) is 14.7. The minimum atomic E-state index is -2.93. The van der Waals surface area contributed by atoms with E-state index >= 15 is 0 Å². The van der Waals surface area contributed by atoms with Gasteiger partial charge in [-0.2, -0.15) is 8.78 Å². The number of hydrogen-bond acceptors (Lipinski definition) is 6. The van der Waals surface area contributed by atoms with E-state index in [-0.39, 0.29) is 17.5 Å². The number of imidazole rings is 1. The molecule has 4 rings (SSSR count). The fourth-order valence-corrected chi connectivity index (χ4v) is 3.50. The highest BCUT2D eigenvalue weighted by Gasteiger charge is 2.32. The van der Waals surface area contributed by atoms with E-state index in [1.165, 1.54) is 36.4 Å². The zero-order chi connectivity index (χ0) is 22.3. The average molecular weight is 430 g/mol. The molecule has 0 radical (unpaired) electrons. The third kappa shape index (κ3) is 3.93. The molecule has 0 amide bonds. The molecule has 0 saturated heterocycles. The van der Waals surface area contributed by atoms with Gasteiger partial charge in [-0.1, -0.05) is 13.8 Å². The van der Waals surface area contributed by atoms with Crippen molar-refractivity contribution < 1.29 is 17.9 Å². The highest BCUT2D eigenvalue weighted by Crippen LogP contribution is 2.30. The maximum atomic E-state index is 13.7. The number of hydrogen-bond donors (Lipinski definition) is 3. The molecule has 1 aromatic heterocycles. The van der Waals surface area contributed by atoms with Crippen molar-refractivity contribution in [1.82, 2.24) is 14.9 Å². The summed E-state index contributed by atoms with van der Waals surface area (Å²) in [6.07, 6.45) is 1.61. The molecule has 7 nitrogen and oxygen atoms in total. The summed E-state index contributed by atoms with van der Waals surface area (Å²) in [5, 5.41) is 3.15. The molecule has 31 heavy (non-hydrogen) atoms. The number of aromatic nitrogens is 2. The predicted molar refractivity (Wildman–Crippen MR) is 112 cm³/mol. The van der Waals surface area contributed by atoms with Gasteiger partial charge in [0.15, 0.2) is 0 Å². The van der Waals surface area contributed by atoms with Crippen LogP contribution in [0.1, 0.15) is 31.2 Å². The Kier molecular flexibility index (Phi) is 5.10. The molecular weight excluding hydrogens is 409 g/mol. The SMILES string of the molecule is CC(C)c1nc2cc(F)ccc2n1C1=CC(N)=NC(N)(c2ccc(OC(F)F)cc2)N1. The number of amidine groups is 1. The molecule has 1 aliphatic rings. The Hall–Kier alpha value is -3.53. The van der Waals surface area contributed by atoms with E-state index in [2.05, 4.69) is 20.0 Å². The fraction of sp³-hybridized carbons (Fsp3) is 0.238. The maximum Gasteiger partial charge on any atom is 0.387 e. The molecular formula is C21H21F3N6O. The monoisotopic (exact) mass is 430 g/mol. The second-order valence-electron chi connectivity index (χ2n) is 7.45. The quantitative estimate of drug-likeness (QED) is 0.576. The van der Waals surface area contributed by atoms with Crippen LogP contribution in [0.2, 0.25) is 0 Å².